The van der Waals surface area contributed by atoms with Crippen LogP contribution in [-0.4, -0.2) is 42.5 Å². The quantitative estimate of drug-likeness (QED) is 0.722. The predicted molar refractivity (Wildman–Crippen MR) is 104 cm³/mol. The van der Waals surface area contributed by atoms with Gasteiger partial charge in [-0.1, -0.05) is 25.1 Å². The molecule has 0 saturated carbocycles. The van der Waals surface area contributed by atoms with Gasteiger partial charge in [-0.2, -0.15) is 0 Å². The summed E-state index contributed by atoms with van der Waals surface area (Å²) in [7, 11) is 0. The first kappa shape index (κ1) is 21.4. The molecule has 4 amide bonds. The molecular formula is C20H27N3O5. The Balaban J connectivity index is 1.95. The lowest BCUT2D eigenvalue weighted by Gasteiger charge is -2.20. The molecule has 2 rings (SSSR count). The highest BCUT2D eigenvalue weighted by atomic mass is 16.5. The minimum Gasteiger partial charge on any atom is -0.452 e. The van der Waals surface area contributed by atoms with E-state index >= 15 is 0 Å². The molecule has 1 fully saturated rings. The van der Waals surface area contributed by atoms with Crippen molar-refractivity contribution in [3.05, 3.63) is 29.8 Å². The van der Waals surface area contributed by atoms with Gasteiger partial charge in [-0.3, -0.25) is 19.7 Å². The van der Waals surface area contributed by atoms with Crippen molar-refractivity contribution in [2.75, 3.05) is 11.4 Å². The van der Waals surface area contributed by atoms with Crippen LogP contribution in [0.2, 0.25) is 0 Å². The third kappa shape index (κ3) is 5.31. The number of aryl methyl sites for hydroxylation is 1. The van der Waals surface area contributed by atoms with Crippen molar-refractivity contribution in [3.63, 3.8) is 0 Å². The summed E-state index contributed by atoms with van der Waals surface area (Å²) in [4.78, 5) is 50.0. The van der Waals surface area contributed by atoms with Crippen molar-refractivity contribution in [1.82, 2.24) is 10.6 Å². The molecule has 1 heterocycles. The van der Waals surface area contributed by atoms with E-state index in [-0.39, 0.29) is 24.9 Å². The molecule has 8 nitrogen and oxygen atoms in total. The molecule has 1 aliphatic rings. The van der Waals surface area contributed by atoms with E-state index in [1.807, 2.05) is 31.2 Å². The van der Waals surface area contributed by atoms with E-state index in [0.29, 0.717) is 0 Å². The summed E-state index contributed by atoms with van der Waals surface area (Å²) in [5.41, 5.74) is 1.82. The summed E-state index contributed by atoms with van der Waals surface area (Å²) in [6, 6.07) is 6.77. The molecule has 8 heteroatoms. The molecule has 0 spiro atoms. The molecule has 0 aromatic heterocycles. The van der Waals surface area contributed by atoms with Crippen molar-refractivity contribution >= 4 is 29.5 Å². The van der Waals surface area contributed by atoms with Gasteiger partial charge in [0, 0.05) is 24.7 Å². The number of hydrogen-bond donors (Lipinski definition) is 2. The second-order valence-electron chi connectivity index (χ2n) is 7.08. The number of imide groups is 1. The predicted octanol–water partition coefficient (Wildman–Crippen LogP) is 1.77. The number of hydrogen-bond acceptors (Lipinski definition) is 5. The monoisotopic (exact) mass is 389 g/mol. The van der Waals surface area contributed by atoms with E-state index in [9.17, 15) is 19.2 Å². The molecule has 2 atom stereocenters. The standard InChI is InChI=1S/C20H27N3O5/c1-5-14-8-6-7-9-16(14)23-11-15(10-17(23)24)19(26)28-13(4)18(25)22-20(27)21-12(2)3/h6-9,12-13,15H,5,10-11H2,1-4H3,(H2,21,22,25,27)/t13-,15+/m0/s1. The van der Waals surface area contributed by atoms with Crippen LogP contribution in [0.5, 0.6) is 0 Å². The summed E-state index contributed by atoms with van der Waals surface area (Å²) < 4.78 is 5.18. The van der Waals surface area contributed by atoms with Gasteiger partial charge in [0.05, 0.1) is 5.92 Å². The molecule has 1 aromatic rings. The molecule has 0 bridgehead atoms. The van der Waals surface area contributed by atoms with Crippen molar-refractivity contribution in [2.24, 2.45) is 5.92 Å². The lowest BCUT2D eigenvalue weighted by atomic mass is 10.1. The van der Waals surface area contributed by atoms with E-state index in [2.05, 4.69) is 10.6 Å². The SMILES string of the molecule is CCc1ccccc1N1C[C@H](C(=O)O[C@@H](C)C(=O)NC(=O)NC(C)C)CC1=O. The van der Waals surface area contributed by atoms with Gasteiger partial charge >= 0.3 is 12.0 Å². The zero-order valence-electron chi connectivity index (χ0n) is 16.7. The van der Waals surface area contributed by atoms with Crippen molar-refractivity contribution < 1.29 is 23.9 Å². The molecule has 2 N–H and O–H groups in total. The Kier molecular flexibility index (Phi) is 7.14. The number of rotatable bonds is 6. The Morgan fingerprint density at radius 3 is 2.54 bits per heavy atom. The molecule has 152 valence electrons. The van der Waals surface area contributed by atoms with Crippen LogP contribution in [0.15, 0.2) is 24.3 Å². The van der Waals surface area contributed by atoms with E-state index in [4.69, 9.17) is 4.74 Å². The Bertz CT molecular complexity index is 762. The molecule has 0 aliphatic carbocycles. The average Bonchev–Trinajstić information content (AvgIpc) is 3.02. The number of nitrogens with one attached hydrogen (secondary N) is 2. The van der Waals surface area contributed by atoms with Crippen LogP contribution in [0.25, 0.3) is 0 Å². The smallest absolute Gasteiger partial charge is 0.321 e. The molecule has 28 heavy (non-hydrogen) atoms. The number of carbonyl (C=O) groups is 4. The maximum Gasteiger partial charge on any atom is 0.321 e. The van der Waals surface area contributed by atoms with Crippen LogP contribution in [0.1, 0.15) is 39.7 Å². The van der Waals surface area contributed by atoms with Gasteiger partial charge in [-0.25, -0.2) is 4.79 Å². The van der Waals surface area contributed by atoms with Crippen LogP contribution >= 0.6 is 0 Å². The minimum atomic E-state index is -1.14. The van der Waals surface area contributed by atoms with Gasteiger partial charge < -0.3 is 15.0 Å². The molecule has 1 saturated heterocycles. The van der Waals surface area contributed by atoms with E-state index in [1.54, 1.807) is 18.7 Å². The van der Waals surface area contributed by atoms with Gasteiger partial charge in [0.15, 0.2) is 6.10 Å². The number of nitrogens with zero attached hydrogens (tertiary/aromatic N) is 1. The van der Waals surface area contributed by atoms with Gasteiger partial charge in [0.1, 0.15) is 0 Å². The number of carbonyl (C=O) groups excluding carboxylic acids is 4. The summed E-state index contributed by atoms with van der Waals surface area (Å²) in [5.74, 6) is -2.16. The van der Waals surface area contributed by atoms with Crippen LogP contribution in [0.4, 0.5) is 10.5 Å². The molecular weight excluding hydrogens is 362 g/mol. The second kappa shape index (κ2) is 9.34. The lowest BCUT2D eigenvalue weighted by molar-refractivity contribution is -0.158. The summed E-state index contributed by atoms with van der Waals surface area (Å²) in [5, 5.41) is 4.64. The van der Waals surface area contributed by atoms with Gasteiger partial charge in [0.25, 0.3) is 5.91 Å². The highest BCUT2D eigenvalue weighted by molar-refractivity contribution is 6.01. The lowest BCUT2D eigenvalue weighted by Crippen LogP contribution is -2.47. The number of para-hydroxylation sites is 1. The Morgan fingerprint density at radius 1 is 1.21 bits per heavy atom. The van der Waals surface area contributed by atoms with Gasteiger partial charge in [-0.05, 0) is 38.8 Å². The summed E-state index contributed by atoms with van der Waals surface area (Å²) in [6.45, 7) is 7.11. The zero-order valence-corrected chi connectivity index (χ0v) is 16.7. The minimum absolute atomic E-state index is 0.0268. The number of amides is 4. The fourth-order valence-electron chi connectivity index (χ4n) is 3.01. The van der Waals surface area contributed by atoms with Crippen LogP contribution < -0.4 is 15.5 Å². The maximum absolute atomic E-state index is 12.4. The van der Waals surface area contributed by atoms with Gasteiger partial charge in [-0.15, -0.1) is 0 Å². The first-order valence-electron chi connectivity index (χ1n) is 9.43. The van der Waals surface area contributed by atoms with Crippen LogP contribution in [-0.2, 0) is 25.5 Å². The van der Waals surface area contributed by atoms with E-state index in [1.165, 1.54) is 6.92 Å². The number of ether oxygens (including phenoxy) is 1. The zero-order chi connectivity index (χ0) is 20.8. The number of anilines is 1. The highest BCUT2D eigenvalue weighted by Gasteiger charge is 2.38. The average molecular weight is 389 g/mol. The molecule has 0 unspecified atom stereocenters. The number of esters is 1. The number of benzene rings is 1. The Morgan fingerprint density at radius 2 is 1.89 bits per heavy atom. The summed E-state index contributed by atoms with van der Waals surface area (Å²) >= 11 is 0. The van der Waals surface area contributed by atoms with Gasteiger partial charge in [0.2, 0.25) is 5.91 Å². The Hall–Kier alpha value is -2.90. The highest BCUT2D eigenvalue weighted by Crippen LogP contribution is 2.29. The second-order valence-corrected chi connectivity index (χ2v) is 7.08. The van der Waals surface area contributed by atoms with Crippen molar-refractivity contribution in [3.8, 4) is 0 Å². The molecule has 0 radical (unpaired) electrons. The normalized spacial score (nSPS) is 17.4. The Labute approximate surface area is 164 Å². The first-order chi connectivity index (χ1) is 13.2. The topological polar surface area (TPSA) is 105 Å². The van der Waals surface area contributed by atoms with Crippen LogP contribution in [0.3, 0.4) is 0 Å². The molecule has 1 aliphatic heterocycles. The van der Waals surface area contributed by atoms with Crippen LogP contribution in [0, 0.1) is 5.92 Å². The van der Waals surface area contributed by atoms with Crippen molar-refractivity contribution in [2.45, 2.75) is 52.7 Å². The van der Waals surface area contributed by atoms with E-state index in [0.717, 1.165) is 17.7 Å². The largest absolute Gasteiger partial charge is 0.452 e. The fourth-order valence-corrected chi connectivity index (χ4v) is 3.01. The van der Waals surface area contributed by atoms with E-state index < -0.39 is 29.9 Å². The fraction of sp³-hybridized carbons (Fsp3) is 0.500. The maximum atomic E-state index is 12.4. The number of urea groups is 1. The third-order valence-corrected chi connectivity index (χ3v) is 4.44. The van der Waals surface area contributed by atoms with Crippen molar-refractivity contribution in [1.29, 1.82) is 0 Å². The third-order valence-electron chi connectivity index (χ3n) is 4.44. The molecule has 1 aromatic carbocycles. The summed E-state index contributed by atoms with van der Waals surface area (Å²) in [6.07, 6.45) is -0.346. The first-order valence-corrected chi connectivity index (χ1v) is 9.43.